The Morgan fingerprint density at radius 1 is 1.14 bits per heavy atom. The molecule has 4 nitrogen and oxygen atoms in total. The van der Waals surface area contributed by atoms with Gasteiger partial charge in [0.15, 0.2) is 5.96 Å². The molecule has 1 atom stereocenters. The van der Waals surface area contributed by atoms with Gasteiger partial charge in [-0.2, -0.15) is 0 Å². The third-order valence-electron chi connectivity index (χ3n) is 2.32. The monoisotopic (exact) mass is 200 g/mol. The van der Waals surface area contributed by atoms with Crippen LogP contribution >= 0.6 is 0 Å². The fourth-order valence-electron chi connectivity index (χ4n) is 1.79. The van der Waals surface area contributed by atoms with E-state index < -0.39 is 0 Å². The van der Waals surface area contributed by atoms with Crippen molar-refractivity contribution in [2.45, 2.75) is 19.5 Å². The summed E-state index contributed by atoms with van der Waals surface area (Å²) in [6, 6.07) is 0. The standard InChI is InChI=1S/C10H24N4/c1-8-9(12(3)4)14(7)10(11-2)13(5)6/h9H,8H2,1-7H3. The SMILES string of the molecule is CCC(N(C)C)N(C)C(=NC)N(C)C. The zero-order valence-corrected chi connectivity index (χ0v) is 10.6. The van der Waals surface area contributed by atoms with Crippen LogP contribution in [0.4, 0.5) is 0 Å². The molecule has 0 aromatic carbocycles. The molecule has 0 bridgehead atoms. The first kappa shape index (κ1) is 13.2. The van der Waals surface area contributed by atoms with Crippen molar-refractivity contribution in [2.24, 2.45) is 4.99 Å². The second-order valence-corrected chi connectivity index (χ2v) is 3.88. The zero-order valence-electron chi connectivity index (χ0n) is 10.6. The average Bonchev–Trinajstić information content (AvgIpc) is 2.04. The predicted molar refractivity (Wildman–Crippen MR) is 62.6 cm³/mol. The summed E-state index contributed by atoms with van der Waals surface area (Å²) < 4.78 is 0. The highest BCUT2D eigenvalue weighted by Gasteiger charge is 2.18. The van der Waals surface area contributed by atoms with Crippen molar-refractivity contribution >= 4 is 5.96 Å². The van der Waals surface area contributed by atoms with Crippen LogP contribution in [0.15, 0.2) is 4.99 Å². The average molecular weight is 200 g/mol. The van der Waals surface area contributed by atoms with Gasteiger partial charge in [0.05, 0.1) is 6.17 Å². The second kappa shape index (κ2) is 5.86. The highest BCUT2D eigenvalue weighted by atomic mass is 15.4. The predicted octanol–water partition coefficient (Wildman–Crippen LogP) is 0.763. The molecule has 0 aliphatic rings. The third-order valence-corrected chi connectivity index (χ3v) is 2.32. The summed E-state index contributed by atoms with van der Waals surface area (Å²) in [4.78, 5) is 10.7. The van der Waals surface area contributed by atoms with Gasteiger partial charge in [0, 0.05) is 28.2 Å². The lowest BCUT2D eigenvalue weighted by atomic mass is 10.3. The first-order valence-electron chi connectivity index (χ1n) is 4.99. The number of nitrogens with zero attached hydrogens (tertiary/aromatic N) is 4. The van der Waals surface area contributed by atoms with E-state index in [9.17, 15) is 0 Å². The third kappa shape index (κ3) is 3.18. The zero-order chi connectivity index (χ0) is 11.3. The van der Waals surface area contributed by atoms with Crippen molar-refractivity contribution < 1.29 is 0 Å². The molecule has 84 valence electrons. The molecule has 0 fully saturated rings. The van der Waals surface area contributed by atoms with Gasteiger partial charge in [-0.15, -0.1) is 0 Å². The number of aliphatic imine (C=N–C) groups is 1. The summed E-state index contributed by atoms with van der Waals surface area (Å²) >= 11 is 0. The van der Waals surface area contributed by atoms with Gasteiger partial charge in [0.2, 0.25) is 0 Å². The molecule has 14 heavy (non-hydrogen) atoms. The van der Waals surface area contributed by atoms with Crippen molar-refractivity contribution in [1.82, 2.24) is 14.7 Å². The van der Waals surface area contributed by atoms with Gasteiger partial charge in [-0.25, -0.2) is 0 Å². The van der Waals surface area contributed by atoms with Crippen LogP contribution in [0, 0.1) is 0 Å². The second-order valence-electron chi connectivity index (χ2n) is 3.88. The molecule has 0 spiro atoms. The minimum atomic E-state index is 0.399. The van der Waals surface area contributed by atoms with Crippen LogP contribution in [-0.4, -0.2) is 69.1 Å². The largest absolute Gasteiger partial charge is 0.349 e. The molecule has 0 aliphatic heterocycles. The number of guanidine groups is 1. The molecule has 0 N–H and O–H groups in total. The summed E-state index contributed by atoms with van der Waals surface area (Å²) in [5.74, 6) is 1.01. The first-order valence-corrected chi connectivity index (χ1v) is 4.99. The lowest BCUT2D eigenvalue weighted by molar-refractivity contribution is 0.150. The molecule has 0 rings (SSSR count). The van der Waals surface area contributed by atoms with Crippen LogP contribution < -0.4 is 0 Å². The van der Waals surface area contributed by atoms with E-state index in [0.29, 0.717) is 6.17 Å². The van der Waals surface area contributed by atoms with Gasteiger partial charge in [-0.1, -0.05) is 6.92 Å². The van der Waals surface area contributed by atoms with Crippen LogP contribution in [-0.2, 0) is 0 Å². The Hall–Kier alpha value is -0.770. The first-order chi connectivity index (χ1) is 6.45. The van der Waals surface area contributed by atoms with Gasteiger partial charge in [-0.3, -0.25) is 9.89 Å². The normalized spacial score (nSPS) is 14.4. The van der Waals surface area contributed by atoms with Crippen molar-refractivity contribution in [3.8, 4) is 0 Å². The van der Waals surface area contributed by atoms with Gasteiger partial charge in [0.25, 0.3) is 0 Å². The van der Waals surface area contributed by atoms with Gasteiger partial charge < -0.3 is 9.80 Å². The molecule has 0 radical (unpaired) electrons. The molecule has 0 saturated carbocycles. The van der Waals surface area contributed by atoms with Gasteiger partial charge in [-0.05, 0) is 20.5 Å². The van der Waals surface area contributed by atoms with Crippen LogP contribution in [0.5, 0.6) is 0 Å². The number of rotatable bonds is 3. The van der Waals surface area contributed by atoms with E-state index in [1.807, 2.05) is 26.0 Å². The fourth-order valence-corrected chi connectivity index (χ4v) is 1.79. The Morgan fingerprint density at radius 3 is 1.86 bits per heavy atom. The Balaban J connectivity index is 4.63. The fraction of sp³-hybridized carbons (Fsp3) is 0.900. The molecule has 0 heterocycles. The van der Waals surface area contributed by atoms with Crippen LogP contribution in [0.3, 0.4) is 0 Å². The van der Waals surface area contributed by atoms with E-state index in [1.54, 1.807) is 0 Å². The van der Waals surface area contributed by atoms with Crippen LogP contribution in [0.1, 0.15) is 13.3 Å². The maximum atomic E-state index is 4.28. The van der Waals surface area contributed by atoms with E-state index in [4.69, 9.17) is 0 Å². The number of hydrogen-bond acceptors (Lipinski definition) is 2. The summed E-state index contributed by atoms with van der Waals surface area (Å²) in [5.41, 5.74) is 0. The van der Waals surface area contributed by atoms with E-state index in [-0.39, 0.29) is 0 Å². The Labute approximate surface area is 88.2 Å². The summed E-state index contributed by atoms with van der Waals surface area (Å²) in [6.07, 6.45) is 1.48. The van der Waals surface area contributed by atoms with E-state index >= 15 is 0 Å². The van der Waals surface area contributed by atoms with Gasteiger partial charge >= 0.3 is 0 Å². The Bertz CT molecular complexity index is 187. The molecule has 4 heteroatoms. The maximum absolute atomic E-state index is 4.28. The molecule has 0 aliphatic carbocycles. The van der Waals surface area contributed by atoms with Crippen molar-refractivity contribution in [3.63, 3.8) is 0 Å². The summed E-state index contributed by atoms with van der Waals surface area (Å²) in [5, 5.41) is 0. The summed E-state index contributed by atoms with van der Waals surface area (Å²) in [7, 11) is 12.1. The molecular formula is C10H24N4. The molecule has 1 unspecified atom stereocenters. The van der Waals surface area contributed by atoms with E-state index in [2.05, 4.69) is 42.9 Å². The molecule has 0 aromatic rings. The minimum absolute atomic E-state index is 0.399. The van der Waals surface area contributed by atoms with Gasteiger partial charge in [0.1, 0.15) is 0 Å². The lowest BCUT2D eigenvalue weighted by Crippen LogP contribution is -2.49. The van der Waals surface area contributed by atoms with E-state index in [0.717, 1.165) is 12.4 Å². The van der Waals surface area contributed by atoms with Crippen LogP contribution in [0.2, 0.25) is 0 Å². The molecule has 0 saturated heterocycles. The Morgan fingerprint density at radius 2 is 1.64 bits per heavy atom. The minimum Gasteiger partial charge on any atom is -0.349 e. The topological polar surface area (TPSA) is 22.1 Å². The van der Waals surface area contributed by atoms with Crippen LogP contribution in [0.25, 0.3) is 0 Å². The molecule has 0 amide bonds. The molecule has 0 aromatic heterocycles. The van der Waals surface area contributed by atoms with Crippen molar-refractivity contribution in [1.29, 1.82) is 0 Å². The van der Waals surface area contributed by atoms with Crippen molar-refractivity contribution in [3.05, 3.63) is 0 Å². The Kier molecular flexibility index (Phi) is 5.53. The highest BCUT2D eigenvalue weighted by Crippen LogP contribution is 2.06. The van der Waals surface area contributed by atoms with E-state index in [1.165, 1.54) is 0 Å². The highest BCUT2D eigenvalue weighted by molar-refractivity contribution is 5.79. The quantitative estimate of drug-likeness (QED) is 0.381. The maximum Gasteiger partial charge on any atom is 0.196 e. The van der Waals surface area contributed by atoms with Crippen molar-refractivity contribution in [2.75, 3.05) is 42.3 Å². The number of hydrogen-bond donors (Lipinski definition) is 0. The lowest BCUT2D eigenvalue weighted by Gasteiger charge is -2.36. The smallest absolute Gasteiger partial charge is 0.196 e. The molecular weight excluding hydrogens is 176 g/mol. The summed E-state index contributed by atoms with van der Waals surface area (Å²) in [6.45, 7) is 2.18.